The number of hydrogen-bond donors (Lipinski definition) is 0. The van der Waals surface area contributed by atoms with Gasteiger partial charge in [-0.3, -0.25) is 9.13 Å². The van der Waals surface area contributed by atoms with Crippen LogP contribution in [-0.2, 0) is 26.7 Å². The van der Waals surface area contributed by atoms with Gasteiger partial charge in [0.25, 0.3) is 0 Å². The first-order chi connectivity index (χ1) is 24.9. The maximum Gasteiger partial charge on any atom is 0.333 e. The number of para-hydroxylation sites is 2. The number of imidazole rings is 1. The van der Waals surface area contributed by atoms with Crippen LogP contribution in [0.1, 0.15) is 5.56 Å². The summed E-state index contributed by atoms with van der Waals surface area (Å²) >= 11 is 0. The van der Waals surface area contributed by atoms with Gasteiger partial charge in [-0.05, 0) is 116 Å². The predicted octanol–water partition coefficient (Wildman–Crippen LogP) is 7.90. The van der Waals surface area contributed by atoms with Crippen molar-refractivity contribution in [2.75, 3.05) is 7.11 Å². The molecule has 0 saturated heterocycles. The molecule has 6 aromatic carbocycles. The molecule has 0 aliphatic carbocycles. The number of aromatic nitrogens is 2. The Morgan fingerprint density at radius 1 is 0.519 bits per heavy atom. The number of rotatable bonds is 10. The monoisotopic (exact) mass is 732 g/mol. The van der Waals surface area contributed by atoms with Crippen LogP contribution in [0.4, 0.5) is 0 Å². The van der Waals surface area contributed by atoms with Gasteiger partial charge in [0.15, 0.2) is 11.5 Å². The third-order valence-corrected chi connectivity index (χ3v) is 12.1. The van der Waals surface area contributed by atoms with E-state index in [9.17, 15) is 21.6 Å². The Labute approximate surface area is 300 Å². The highest BCUT2D eigenvalue weighted by Gasteiger charge is 2.20. The first-order valence-corrected chi connectivity index (χ1v) is 19.0. The lowest BCUT2D eigenvalue weighted by atomic mass is 10.2. The van der Waals surface area contributed by atoms with Gasteiger partial charge in [-0.1, -0.05) is 29.8 Å². The zero-order chi connectivity index (χ0) is 36.6. The Balaban J connectivity index is 1.04. The van der Waals surface area contributed by atoms with Gasteiger partial charge in [-0.25, -0.2) is 21.6 Å². The summed E-state index contributed by atoms with van der Waals surface area (Å²) in [6.45, 7) is 1.89. The molecule has 0 radical (unpaired) electrons. The number of nitrogens with zero attached hydrogens (tertiary/aromatic N) is 2. The molecule has 0 spiro atoms. The molecule has 10 nitrogen and oxygen atoms in total. The van der Waals surface area contributed by atoms with E-state index in [1.54, 1.807) is 95.0 Å². The minimum absolute atomic E-state index is 0.0777. The fourth-order valence-corrected chi connectivity index (χ4v) is 8.26. The quantitative estimate of drug-likeness (QED) is 0.139. The normalized spacial score (nSPS) is 11.8. The molecule has 52 heavy (non-hydrogen) atoms. The lowest BCUT2D eigenvalue weighted by Gasteiger charge is -2.13. The summed E-state index contributed by atoms with van der Waals surface area (Å²) in [5, 5.41) is 0. The third-order valence-electron chi connectivity index (χ3n) is 8.57. The van der Waals surface area contributed by atoms with Gasteiger partial charge in [0, 0.05) is 13.1 Å². The number of ether oxygens (including phenoxy) is 3. The molecule has 262 valence electrons. The Morgan fingerprint density at radius 2 is 0.981 bits per heavy atom. The van der Waals surface area contributed by atoms with Gasteiger partial charge >= 0.3 is 5.69 Å². The number of benzene rings is 6. The molecule has 1 heterocycles. The highest BCUT2D eigenvalue weighted by atomic mass is 32.2. The van der Waals surface area contributed by atoms with Gasteiger partial charge in [0.05, 0.1) is 43.4 Å². The summed E-state index contributed by atoms with van der Waals surface area (Å²) in [6, 6.07) is 37.4. The molecule has 12 heteroatoms. The lowest BCUT2D eigenvalue weighted by molar-refractivity contribution is 0.374. The zero-order valence-electron chi connectivity index (χ0n) is 28.3. The van der Waals surface area contributed by atoms with Crippen molar-refractivity contribution < 1.29 is 31.0 Å². The molecule has 7 rings (SSSR count). The van der Waals surface area contributed by atoms with Crippen LogP contribution in [0.5, 0.6) is 28.7 Å². The van der Waals surface area contributed by atoms with Crippen LogP contribution in [-0.4, -0.2) is 33.1 Å². The summed E-state index contributed by atoms with van der Waals surface area (Å²) < 4.78 is 73.6. The van der Waals surface area contributed by atoms with Crippen molar-refractivity contribution >= 4 is 30.7 Å². The van der Waals surface area contributed by atoms with Crippen LogP contribution >= 0.6 is 0 Å². The smallest absolute Gasteiger partial charge is 0.333 e. The van der Waals surface area contributed by atoms with Crippen LogP contribution in [0.15, 0.2) is 164 Å². The fourth-order valence-electron chi connectivity index (χ4n) is 5.74. The van der Waals surface area contributed by atoms with Crippen LogP contribution < -0.4 is 19.9 Å². The maximum atomic E-state index is 13.5. The molecule has 0 saturated carbocycles. The van der Waals surface area contributed by atoms with E-state index in [-0.39, 0.29) is 25.3 Å². The van der Waals surface area contributed by atoms with Crippen LogP contribution in [0.25, 0.3) is 16.7 Å². The van der Waals surface area contributed by atoms with Gasteiger partial charge < -0.3 is 14.2 Å². The van der Waals surface area contributed by atoms with Crippen molar-refractivity contribution in [1.29, 1.82) is 0 Å². The van der Waals surface area contributed by atoms with Crippen LogP contribution in [0.3, 0.4) is 0 Å². The third kappa shape index (κ3) is 6.45. The van der Waals surface area contributed by atoms with Crippen LogP contribution in [0.2, 0.25) is 0 Å². The second-order valence-corrected chi connectivity index (χ2v) is 15.8. The number of fused-ring (bicyclic) bond motifs is 1. The first kappa shape index (κ1) is 34.3. The molecule has 0 fully saturated rings. The molecular weight excluding hydrogens is 701 g/mol. The zero-order valence-corrected chi connectivity index (χ0v) is 29.9. The first-order valence-electron chi connectivity index (χ1n) is 16.0. The average Bonchev–Trinajstić information content (AvgIpc) is 3.41. The Bertz CT molecular complexity index is 2700. The van der Waals surface area contributed by atoms with E-state index >= 15 is 0 Å². The van der Waals surface area contributed by atoms with Crippen LogP contribution in [0, 0.1) is 6.92 Å². The van der Waals surface area contributed by atoms with E-state index in [1.807, 2.05) is 31.2 Å². The minimum atomic E-state index is -3.87. The van der Waals surface area contributed by atoms with Crippen molar-refractivity contribution in [3.63, 3.8) is 0 Å². The van der Waals surface area contributed by atoms with Crippen molar-refractivity contribution in [2.45, 2.75) is 26.5 Å². The summed E-state index contributed by atoms with van der Waals surface area (Å²) in [7, 11) is -4.37. The highest BCUT2D eigenvalue weighted by molar-refractivity contribution is 7.91. The Morgan fingerprint density at radius 3 is 1.52 bits per heavy atom. The topological polar surface area (TPSA) is 123 Å². The van der Waals surface area contributed by atoms with Crippen molar-refractivity contribution in [1.82, 2.24) is 9.13 Å². The molecule has 7 aromatic rings. The Hall–Kier alpha value is -6.11. The predicted molar refractivity (Wildman–Crippen MR) is 197 cm³/mol. The second-order valence-electron chi connectivity index (χ2n) is 11.9. The van der Waals surface area contributed by atoms with Gasteiger partial charge in [-0.15, -0.1) is 0 Å². The van der Waals surface area contributed by atoms with E-state index in [0.717, 1.165) is 16.6 Å². The average molecular weight is 733 g/mol. The highest BCUT2D eigenvalue weighted by Crippen LogP contribution is 2.37. The van der Waals surface area contributed by atoms with E-state index in [1.165, 1.54) is 43.5 Å². The molecule has 0 aliphatic rings. The molecular formula is C40H32N2O8S2. The summed E-state index contributed by atoms with van der Waals surface area (Å²) in [6.07, 6.45) is 0. The second kappa shape index (κ2) is 13.5. The van der Waals surface area contributed by atoms with E-state index in [0.29, 0.717) is 34.4 Å². The van der Waals surface area contributed by atoms with Crippen molar-refractivity contribution in [2.24, 2.45) is 7.05 Å². The number of aryl methyl sites for hydroxylation is 2. The molecule has 0 unspecified atom stereocenters. The molecule has 0 N–H and O–H groups in total. The molecule has 1 aromatic heterocycles. The number of methoxy groups -OCH3 is 1. The van der Waals surface area contributed by atoms with Crippen molar-refractivity contribution in [3.05, 3.63) is 156 Å². The van der Waals surface area contributed by atoms with Gasteiger partial charge in [-0.2, -0.15) is 0 Å². The van der Waals surface area contributed by atoms with E-state index in [4.69, 9.17) is 14.2 Å². The largest absolute Gasteiger partial charge is 0.493 e. The molecule has 0 bridgehead atoms. The minimum Gasteiger partial charge on any atom is -0.493 e. The van der Waals surface area contributed by atoms with E-state index in [2.05, 4.69) is 0 Å². The number of sulfone groups is 2. The number of hydrogen-bond acceptors (Lipinski definition) is 8. The SMILES string of the molecule is COc1cc(Oc2ccc(S(=O)(=O)c3ccc(-n4c(=O)n(C)c5ccccc54)cc3)cc2)ccc1Oc1ccc(S(=O)(=O)c2ccc(C)cc2)cc1. The fraction of sp³-hybridized carbons (Fsp3) is 0.0750. The lowest BCUT2D eigenvalue weighted by Crippen LogP contribution is -2.20. The summed E-state index contributed by atoms with van der Waals surface area (Å²) in [5.74, 6) is 1.96. The molecule has 0 amide bonds. The standard InChI is InChI=1S/C40H32N2O8S2/c1-27-8-17-32(18-9-27)51(44,45)35-23-14-30(15-24-35)50-38-25-16-31(26-39(38)48-3)49-29-12-21-34(22-13-29)52(46,47)33-19-10-28(11-20-33)42-37-7-5-4-6-36(37)41(2)40(42)43/h4-26H,1-3H3. The maximum absolute atomic E-state index is 13.5. The van der Waals surface area contributed by atoms with Gasteiger partial charge in [0.2, 0.25) is 19.7 Å². The van der Waals surface area contributed by atoms with Gasteiger partial charge in [0.1, 0.15) is 17.2 Å². The summed E-state index contributed by atoms with van der Waals surface area (Å²) in [4.78, 5) is 13.4. The summed E-state index contributed by atoms with van der Waals surface area (Å²) in [5.41, 5.74) is 2.78. The Kier molecular flexibility index (Phi) is 8.95. The molecule has 0 aliphatic heterocycles. The van der Waals surface area contributed by atoms with E-state index < -0.39 is 19.7 Å². The molecule has 0 atom stereocenters. The van der Waals surface area contributed by atoms with Crippen molar-refractivity contribution in [3.8, 4) is 34.4 Å².